The lowest BCUT2D eigenvalue weighted by Gasteiger charge is -2.42. The van der Waals surface area contributed by atoms with E-state index in [9.17, 15) is 13.0 Å². The summed E-state index contributed by atoms with van der Waals surface area (Å²) in [6.45, 7) is 7.30. The number of likely N-dealkylation sites (N-methyl/N-ethyl adjacent to an activating group) is 1. The molecule has 6 heteroatoms. The Hall–Kier alpha value is -2.67. The highest BCUT2D eigenvalue weighted by molar-refractivity contribution is 7.85. The van der Waals surface area contributed by atoms with Gasteiger partial charge in [-0.2, -0.15) is 0 Å². The number of hydrogen-bond acceptors (Lipinski definition) is 4. The number of rotatable bonds is 7. The van der Waals surface area contributed by atoms with Gasteiger partial charge in [0.15, 0.2) is 0 Å². The highest BCUT2D eigenvalue weighted by atomic mass is 32.2. The van der Waals surface area contributed by atoms with Crippen molar-refractivity contribution >= 4 is 10.1 Å². The topological polar surface area (TPSA) is 66.4 Å². The molecule has 0 radical (unpaired) electrons. The summed E-state index contributed by atoms with van der Waals surface area (Å²) in [6.07, 6.45) is 5.02. The molecule has 0 aliphatic carbocycles. The van der Waals surface area contributed by atoms with Crippen LogP contribution in [0.4, 0.5) is 0 Å². The Kier molecular flexibility index (Phi) is 9.49. The van der Waals surface area contributed by atoms with E-state index in [1.807, 2.05) is 0 Å². The Labute approximate surface area is 210 Å². The third-order valence-electron chi connectivity index (χ3n) is 6.95. The van der Waals surface area contributed by atoms with Gasteiger partial charge in [0.1, 0.15) is 28.5 Å². The molecule has 188 valence electrons. The summed E-state index contributed by atoms with van der Waals surface area (Å²) in [5, 5.41) is 0. The zero-order chi connectivity index (χ0) is 25.3. The highest BCUT2D eigenvalue weighted by Crippen LogP contribution is 2.24. The fourth-order valence-corrected chi connectivity index (χ4v) is 5.22. The molecule has 35 heavy (non-hydrogen) atoms. The molecule has 3 aromatic rings. The predicted octanol–water partition coefficient (Wildman–Crippen LogP) is 5.57. The van der Waals surface area contributed by atoms with Crippen molar-refractivity contribution < 1.29 is 22.2 Å². The summed E-state index contributed by atoms with van der Waals surface area (Å²) < 4.78 is 38.9. The Morgan fingerprint density at radius 3 is 2.11 bits per heavy atom. The minimum Gasteiger partial charge on any atom is -0.744 e. The Bertz CT molecular complexity index is 1170. The van der Waals surface area contributed by atoms with Gasteiger partial charge in [0.05, 0.1) is 25.0 Å². The monoisotopic (exact) mass is 495 g/mol. The molecule has 1 atom stereocenters. The van der Waals surface area contributed by atoms with Gasteiger partial charge in [-0.05, 0) is 61.9 Å². The largest absolute Gasteiger partial charge is 0.744 e. The summed E-state index contributed by atoms with van der Waals surface area (Å²) >= 11 is 0. The van der Waals surface area contributed by atoms with E-state index in [0.29, 0.717) is 11.6 Å². The summed E-state index contributed by atoms with van der Waals surface area (Å²) in [4.78, 5) is -0.139. The Morgan fingerprint density at radius 1 is 0.886 bits per heavy atom. The number of piperidine rings is 1. The zero-order valence-electron chi connectivity index (χ0n) is 21.0. The first-order valence-electron chi connectivity index (χ1n) is 12.3. The molecule has 1 aliphatic heterocycles. The fraction of sp³-hybridized carbons (Fsp3) is 0.379. The smallest absolute Gasteiger partial charge is 0.140 e. The number of quaternary nitrogens is 1. The van der Waals surface area contributed by atoms with Crippen LogP contribution in [0.2, 0.25) is 0 Å². The number of aryl methyl sites for hydroxylation is 1. The lowest BCUT2D eigenvalue weighted by atomic mass is 10.0. The number of benzene rings is 3. The van der Waals surface area contributed by atoms with Crippen LogP contribution in [0.15, 0.2) is 83.8 Å². The van der Waals surface area contributed by atoms with E-state index in [-0.39, 0.29) is 4.90 Å². The van der Waals surface area contributed by atoms with Gasteiger partial charge in [-0.3, -0.25) is 0 Å². The maximum atomic E-state index is 10.5. The molecule has 4 rings (SSSR count). The van der Waals surface area contributed by atoms with E-state index in [1.165, 1.54) is 55.6 Å². The molecule has 1 saturated heterocycles. The van der Waals surface area contributed by atoms with Crippen LogP contribution in [0, 0.1) is 6.92 Å². The first-order chi connectivity index (χ1) is 16.7. The van der Waals surface area contributed by atoms with E-state index in [1.54, 1.807) is 19.1 Å². The standard InChI is InChI=1S/C22H30NO.C7H8O3S/c1-19(23(2)15-9-4-10-16-23)18-24-22-14-8-7-13-21(22)17-20-11-5-3-6-12-20;1-6-4-2-3-5-7(6)11(8,9)10/h3,5-8,11-14,19H,4,9-10,15-18H2,1-2H3;2-5H,1H3,(H,8,9,10)/q+1;/p-1. The molecule has 5 nitrogen and oxygen atoms in total. The average Bonchev–Trinajstić information content (AvgIpc) is 2.84. The molecule has 3 aromatic carbocycles. The van der Waals surface area contributed by atoms with E-state index < -0.39 is 10.1 Å². The summed E-state index contributed by atoms with van der Waals surface area (Å²) in [6, 6.07) is 25.7. The second kappa shape index (κ2) is 12.3. The molecule has 0 amide bonds. The normalized spacial score (nSPS) is 16.0. The van der Waals surface area contributed by atoms with Crippen molar-refractivity contribution in [2.45, 2.75) is 50.5 Å². The van der Waals surface area contributed by atoms with Gasteiger partial charge in [-0.25, -0.2) is 8.42 Å². The van der Waals surface area contributed by atoms with Gasteiger partial charge >= 0.3 is 0 Å². The van der Waals surface area contributed by atoms with E-state index in [0.717, 1.165) is 23.3 Å². The molecule has 1 heterocycles. The van der Waals surface area contributed by atoms with E-state index in [4.69, 9.17) is 4.74 Å². The zero-order valence-corrected chi connectivity index (χ0v) is 21.8. The van der Waals surface area contributed by atoms with Crippen molar-refractivity contribution in [2.24, 2.45) is 0 Å². The third kappa shape index (κ3) is 7.92. The molecular weight excluding hydrogens is 458 g/mol. The molecule has 0 spiro atoms. The SMILES string of the molecule is CC(COc1ccccc1Cc1ccccc1)[N+]1(C)CCCCC1.Cc1ccccc1S(=O)(=O)[O-]. The third-order valence-corrected chi connectivity index (χ3v) is 7.95. The Morgan fingerprint density at radius 2 is 1.49 bits per heavy atom. The molecule has 1 aliphatic rings. The second-order valence-corrected chi connectivity index (χ2v) is 11.0. The molecule has 0 saturated carbocycles. The van der Waals surface area contributed by atoms with Crippen LogP contribution in [-0.4, -0.2) is 50.2 Å². The number of likely N-dealkylation sites (tertiary alicyclic amines) is 1. The van der Waals surface area contributed by atoms with Gasteiger partial charge in [-0.1, -0.05) is 66.7 Å². The van der Waals surface area contributed by atoms with Crippen molar-refractivity contribution in [1.82, 2.24) is 0 Å². The second-order valence-electron chi connectivity index (χ2n) is 9.64. The van der Waals surface area contributed by atoms with E-state index in [2.05, 4.69) is 68.6 Å². The van der Waals surface area contributed by atoms with Crippen LogP contribution in [0.3, 0.4) is 0 Å². The van der Waals surface area contributed by atoms with Crippen LogP contribution >= 0.6 is 0 Å². The number of nitrogens with zero attached hydrogens (tertiary/aromatic N) is 1. The van der Waals surface area contributed by atoms with Gasteiger partial charge in [0.2, 0.25) is 0 Å². The summed E-state index contributed by atoms with van der Waals surface area (Å²) in [5.74, 6) is 1.04. The van der Waals surface area contributed by atoms with Gasteiger partial charge in [0, 0.05) is 6.42 Å². The van der Waals surface area contributed by atoms with Gasteiger partial charge in [0.25, 0.3) is 0 Å². The number of ether oxygens (including phenoxy) is 1. The first-order valence-corrected chi connectivity index (χ1v) is 13.7. The van der Waals surface area contributed by atoms with E-state index >= 15 is 0 Å². The maximum Gasteiger partial charge on any atom is 0.140 e. The molecule has 0 N–H and O–H groups in total. The Balaban J connectivity index is 0.000000261. The average molecular weight is 496 g/mol. The highest BCUT2D eigenvalue weighted by Gasteiger charge is 2.31. The summed E-state index contributed by atoms with van der Waals surface area (Å²) in [7, 11) is -1.89. The lowest BCUT2D eigenvalue weighted by Crippen LogP contribution is -2.55. The van der Waals surface area contributed by atoms with Crippen LogP contribution in [0.25, 0.3) is 0 Å². The minimum absolute atomic E-state index is 0.139. The van der Waals surface area contributed by atoms with Gasteiger partial charge in [-0.15, -0.1) is 0 Å². The molecule has 1 fully saturated rings. The van der Waals surface area contributed by atoms with Crippen LogP contribution in [0.5, 0.6) is 5.75 Å². The fourth-order valence-electron chi connectivity index (χ4n) is 4.51. The van der Waals surface area contributed by atoms with Crippen LogP contribution < -0.4 is 4.74 Å². The van der Waals surface area contributed by atoms with Crippen LogP contribution in [-0.2, 0) is 16.5 Å². The minimum atomic E-state index is -4.28. The van der Waals surface area contributed by atoms with Crippen molar-refractivity contribution in [1.29, 1.82) is 0 Å². The predicted molar refractivity (Wildman–Crippen MR) is 140 cm³/mol. The van der Waals surface area contributed by atoms with Crippen molar-refractivity contribution in [3.63, 3.8) is 0 Å². The lowest BCUT2D eigenvalue weighted by molar-refractivity contribution is -0.935. The molecule has 0 bridgehead atoms. The molecular formula is C29H37NO4S. The van der Waals surface area contributed by atoms with Gasteiger partial charge < -0.3 is 13.8 Å². The van der Waals surface area contributed by atoms with Crippen molar-refractivity contribution in [3.05, 3.63) is 95.6 Å². The quantitative estimate of drug-likeness (QED) is 0.317. The summed E-state index contributed by atoms with van der Waals surface area (Å²) in [5.41, 5.74) is 3.09. The number of para-hydroxylation sites is 1. The van der Waals surface area contributed by atoms with Crippen molar-refractivity contribution in [3.8, 4) is 5.75 Å². The molecule has 1 unspecified atom stereocenters. The van der Waals surface area contributed by atoms with Crippen molar-refractivity contribution in [2.75, 3.05) is 26.7 Å². The first kappa shape index (κ1) is 26.9. The van der Waals surface area contributed by atoms with Crippen LogP contribution in [0.1, 0.15) is 42.9 Å². The number of hydrogen-bond donors (Lipinski definition) is 0. The maximum absolute atomic E-state index is 10.5. The molecule has 0 aromatic heterocycles.